The molecule has 1 heterocycles. The number of benzene rings is 1. The second-order valence-corrected chi connectivity index (χ2v) is 5.23. The fourth-order valence-corrected chi connectivity index (χ4v) is 2.45. The number of aromatic nitrogens is 2. The number of carbonyl (C=O) groups excluding carboxylic acids is 1. The van der Waals surface area contributed by atoms with Crippen LogP contribution in [0, 0.1) is 0 Å². The van der Waals surface area contributed by atoms with E-state index in [1.807, 2.05) is 38.1 Å². The molecule has 0 unspecified atom stereocenters. The minimum Gasteiger partial charge on any atom is -0.496 e. The molecule has 0 saturated carbocycles. The lowest BCUT2D eigenvalue weighted by molar-refractivity contribution is 0.0767. The molecular weight excluding hydrogens is 304 g/mol. The highest BCUT2D eigenvalue weighted by Gasteiger charge is 2.14. The van der Waals surface area contributed by atoms with Crippen LogP contribution in [0.25, 0.3) is 0 Å². The van der Waals surface area contributed by atoms with Crippen molar-refractivity contribution in [2.24, 2.45) is 0 Å². The first-order valence-electron chi connectivity index (χ1n) is 8.17. The van der Waals surface area contributed by atoms with Crippen LogP contribution in [0.5, 0.6) is 5.75 Å². The lowest BCUT2D eigenvalue weighted by Crippen LogP contribution is -2.31. The van der Waals surface area contributed by atoms with Gasteiger partial charge in [0, 0.05) is 25.8 Å². The lowest BCUT2D eigenvalue weighted by atomic mass is 10.1. The number of amides is 1. The second-order valence-electron chi connectivity index (χ2n) is 5.23. The van der Waals surface area contributed by atoms with E-state index in [0.717, 1.165) is 17.7 Å². The van der Waals surface area contributed by atoms with Crippen LogP contribution in [0.1, 0.15) is 29.9 Å². The number of rotatable bonds is 8. The molecule has 24 heavy (non-hydrogen) atoms. The Bertz CT molecular complexity index is 672. The Morgan fingerprint density at radius 3 is 2.67 bits per heavy atom. The highest BCUT2D eigenvalue weighted by Crippen LogP contribution is 2.17. The number of para-hydroxylation sites is 1. The number of hydrogen-bond acceptors (Lipinski definition) is 5. The Balaban J connectivity index is 1.98. The average molecular weight is 328 g/mol. The number of anilines is 1. The van der Waals surface area contributed by atoms with E-state index in [-0.39, 0.29) is 5.91 Å². The van der Waals surface area contributed by atoms with Gasteiger partial charge >= 0.3 is 0 Å². The first kappa shape index (κ1) is 17.7. The van der Waals surface area contributed by atoms with Crippen LogP contribution in [-0.2, 0) is 6.42 Å². The van der Waals surface area contributed by atoms with Crippen molar-refractivity contribution in [2.45, 2.75) is 20.3 Å². The van der Waals surface area contributed by atoms with E-state index in [2.05, 4.69) is 15.3 Å². The average Bonchev–Trinajstić information content (AvgIpc) is 2.63. The van der Waals surface area contributed by atoms with Gasteiger partial charge in [-0.05, 0) is 38.0 Å². The molecule has 6 heteroatoms. The predicted octanol–water partition coefficient (Wildman–Crippen LogP) is 2.62. The molecule has 2 rings (SSSR count). The molecule has 1 amide bonds. The molecule has 0 saturated heterocycles. The van der Waals surface area contributed by atoms with Gasteiger partial charge < -0.3 is 15.0 Å². The number of hydrogen-bond donors (Lipinski definition) is 1. The topological polar surface area (TPSA) is 67.4 Å². The Labute approximate surface area is 142 Å². The van der Waals surface area contributed by atoms with Crippen molar-refractivity contribution >= 4 is 11.9 Å². The van der Waals surface area contributed by atoms with Gasteiger partial charge in [0.1, 0.15) is 11.4 Å². The summed E-state index contributed by atoms with van der Waals surface area (Å²) >= 11 is 0. The zero-order valence-corrected chi connectivity index (χ0v) is 14.5. The fraction of sp³-hybridized carbons (Fsp3) is 0.389. The van der Waals surface area contributed by atoms with Crippen molar-refractivity contribution < 1.29 is 9.53 Å². The second kappa shape index (κ2) is 8.86. The summed E-state index contributed by atoms with van der Waals surface area (Å²) in [5.74, 6) is 1.25. The Morgan fingerprint density at radius 1 is 1.21 bits per heavy atom. The molecule has 0 spiro atoms. The van der Waals surface area contributed by atoms with Gasteiger partial charge in [0.25, 0.3) is 5.91 Å². The monoisotopic (exact) mass is 328 g/mol. The van der Waals surface area contributed by atoms with Gasteiger partial charge in [-0.3, -0.25) is 4.79 Å². The van der Waals surface area contributed by atoms with Gasteiger partial charge in [-0.25, -0.2) is 9.97 Å². The molecule has 2 aromatic rings. The summed E-state index contributed by atoms with van der Waals surface area (Å²) in [7, 11) is 1.66. The molecule has 0 aliphatic rings. The summed E-state index contributed by atoms with van der Waals surface area (Å²) in [5.41, 5.74) is 1.52. The van der Waals surface area contributed by atoms with E-state index in [9.17, 15) is 4.79 Å². The number of carbonyl (C=O) groups is 1. The number of nitrogens with one attached hydrogen (secondary N) is 1. The van der Waals surface area contributed by atoms with Crippen molar-refractivity contribution in [1.82, 2.24) is 14.9 Å². The summed E-state index contributed by atoms with van der Waals surface area (Å²) in [6.07, 6.45) is 2.39. The van der Waals surface area contributed by atoms with Gasteiger partial charge in [-0.2, -0.15) is 0 Å². The maximum atomic E-state index is 12.3. The normalized spacial score (nSPS) is 10.3. The van der Waals surface area contributed by atoms with Crippen molar-refractivity contribution in [3.8, 4) is 5.75 Å². The van der Waals surface area contributed by atoms with Crippen LogP contribution in [-0.4, -0.2) is 47.5 Å². The smallest absolute Gasteiger partial charge is 0.272 e. The molecule has 0 aliphatic carbocycles. The lowest BCUT2D eigenvalue weighted by Gasteiger charge is -2.18. The minimum atomic E-state index is -0.0739. The molecule has 0 atom stereocenters. The zero-order chi connectivity index (χ0) is 17.4. The molecule has 0 radical (unpaired) electrons. The third-order valence-corrected chi connectivity index (χ3v) is 3.80. The van der Waals surface area contributed by atoms with Gasteiger partial charge in [0.15, 0.2) is 0 Å². The van der Waals surface area contributed by atoms with Crippen LogP contribution in [0.3, 0.4) is 0 Å². The summed E-state index contributed by atoms with van der Waals surface area (Å²) in [4.78, 5) is 22.6. The maximum Gasteiger partial charge on any atom is 0.272 e. The van der Waals surface area contributed by atoms with Crippen LogP contribution in [0.4, 0.5) is 5.95 Å². The highest BCUT2D eigenvalue weighted by molar-refractivity contribution is 5.92. The Morgan fingerprint density at radius 2 is 1.96 bits per heavy atom. The quantitative estimate of drug-likeness (QED) is 0.807. The summed E-state index contributed by atoms with van der Waals surface area (Å²) < 4.78 is 5.34. The number of methoxy groups -OCH3 is 1. The van der Waals surface area contributed by atoms with E-state index in [4.69, 9.17) is 4.74 Å². The SMILES string of the molecule is CCN(CC)C(=O)c1ccnc(NCCc2ccccc2OC)n1. The van der Waals surface area contributed by atoms with Gasteiger partial charge in [0.2, 0.25) is 5.95 Å². The number of ether oxygens (including phenoxy) is 1. The fourth-order valence-electron chi connectivity index (χ4n) is 2.45. The number of nitrogens with zero attached hydrogens (tertiary/aromatic N) is 3. The van der Waals surface area contributed by atoms with E-state index in [1.165, 1.54) is 0 Å². The standard InChI is InChI=1S/C18H24N4O2/c1-4-22(5-2)17(23)15-11-13-20-18(21-15)19-12-10-14-8-6-7-9-16(14)24-3/h6-9,11,13H,4-5,10,12H2,1-3H3,(H,19,20,21). The van der Waals surface area contributed by atoms with Crippen molar-refractivity contribution in [1.29, 1.82) is 0 Å². The van der Waals surface area contributed by atoms with Crippen LogP contribution in [0.2, 0.25) is 0 Å². The summed E-state index contributed by atoms with van der Waals surface area (Å²) in [6, 6.07) is 9.54. The molecule has 0 fully saturated rings. The molecular formula is C18H24N4O2. The molecule has 1 N–H and O–H groups in total. The molecule has 1 aromatic carbocycles. The van der Waals surface area contributed by atoms with E-state index in [1.54, 1.807) is 24.3 Å². The van der Waals surface area contributed by atoms with Crippen LogP contribution < -0.4 is 10.1 Å². The third kappa shape index (κ3) is 4.44. The van der Waals surface area contributed by atoms with E-state index >= 15 is 0 Å². The maximum absolute atomic E-state index is 12.3. The van der Waals surface area contributed by atoms with Gasteiger partial charge in [0.05, 0.1) is 7.11 Å². The highest BCUT2D eigenvalue weighted by atomic mass is 16.5. The summed E-state index contributed by atoms with van der Waals surface area (Å²) in [6.45, 7) is 5.89. The van der Waals surface area contributed by atoms with Crippen LogP contribution >= 0.6 is 0 Å². The van der Waals surface area contributed by atoms with Gasteiger partial charge in [-0.15, -0.1) is 0 Å². The third-order valence-electron chi connectivity index (χ3n) is 3.80. The Hall–Kier alpha value is -2.63. The van der Waals surface area contributed by atoms with Crippen LogP contribution in [0.15, 0.2) is 36.5 Å². The van der Waals surface area contributed by atoms with Gasteiger partial charge in [-0.1, -0.05) is 18.2 Å². The Kier molecular flexibility index (Phi) is 6.54. The molecule has 1 aromatic heterocycles. The first-order valence-corrected chi connectivity index (χ1v) is 8.17. The predicted molar refractivity (Wildman–Crippen MR) is 94.5 cm³/mol. The zero-order valence-electron chi connectivity index (χ0n) is 14.5. The molecule has 0 bridgehead atoms. The van der Waals surface area contributed by atoms with Crippen molar-refractivity contribution in [3.05, 3.63) is 47.8 Å². The van der Waals surface area contributed by atoms with E-state index < -0.39 is 0 Å². The first-order chi connectivity index (χ1) is 11.7. The molecule has 6 nitrogen and oxygen atoms in total. The largest absolute Gasteiger partial charge is 0.496 e. The molecule has 0 aliphatic heterocycles. The minimum absolute atomic E-state index is 0.0739. The van der Waals surface area contributed by atoms with E-state index in [0.29, 0.717) is 31.3 Å². The van der Waals surface area contributed by atoms with Crippen molar-refractivity contribution in [3.63, 3.8) is 0 Å². The molecule has 128 valence electrons. The summed E-state index contributed by atoms with van der Waals surface area (Å²) in [5, 5.41) is 3.17. The van der Waals surface area contributed by atoms with Crippen molar-refractivity contribution in [2.75, 3.05) is 32.1 Å².